The zero-order valence-corrected chi connectivity index (χ0v) is 7.74. The van der Waals surface area contributed by atoms with Gasteiger partial charge in [0.15, 0.2) is 0 Å². The Morgan fingerprint density at radius 1 is 1.40 bits per heavy atom. The topological polar surface area (TPSA) is 36.2 Å². The Hall–Kier alpha value is -0.0500. The van der Waals surface area contributed by atoms with Crippen molar-refractivity contribution in [2.45, 2.75) is 44.2 Å². The van der Waals surface area contributed by atoms with Crippen molar-refractivity contribution in [3.05, 3.63) is 0 Å². The molecular weight excluding hydrogens is 144 g/mol. The quantitative estimate of drug-likeness (QED) is 0.615. The van der Waals surface area contributed by atoms with Gasteiger partial charge < -0.3 is 0 Å². The van der Waals surface area contributed by atoms with Crippen LogP contribution in [0.3, 0.4) is 0 Å². The zero-order chi connectivity index (χ0) is 7.98. The van der Waals surface area contributed by atoms with E-state index in [1.54, 1.807) is 11.8 Å². The van der Waals surface area contributed by atoms with Crippen molar-refractivity contribution < 1.29 is 0 Å². The highest BCUT2D eigenvalue weighted by Crippen LogP contribution is 2.22. The minimum Gasteiger partial charge on any atom is -0.209 e. The monoisotopic (exact) mass is 160 g/mol. The van der Waals surface area contributed by atoms with Gasteiger partial charge in [-0.25, -0.2) is 5.53 Å². The standard InChI is InChI=1S/C7H16N2S/c1-4-6(3)10-7(5-2)9-8/h6-8H,4-5H2,1-3H3. The molecule has 0 bridgehead atoms. The third-order valence-corrected chi connectivity index (χ3v) is 3.01. The van der Waals surface area contributed by atoms with E-state index >= 15 is 0 Å². The summed E-state index contributed by atoms with van der Waals surface area (Å²) in [4.78, 5) is 0. The first-order valence-electron chi connectivity index (χ1n) is 3.76. The zero-order valence-electron chi connectivity index (χ0n) is 6.92. The van der Waals surface area contributed by atoms with E-state index < -0.39 is 0 Å². The van der Waals surface area contributed by atoms with Gasteiger partial charge in [-0.3, -0.25) is 0 Å². The Bertz CT molecular complexity index is 95.6. The lowest BCUT2D eigenvalue weighted by Gasteiger charge is -2.11. The third-order valence-electron chi connectivity index (χ3n) is 1.46. The number of thioether (sulfide) groups is 1. The van der Waals surface area contributed by atoms with Crippen LogP contribution in [0.15, 0.2) is 5.11 Å². The summed E-state index contributed by atoms with van der Waals surface area (Å²) in [6.07, 6.45) is 2.13. The van der Waals surface area contributed by atoms with E-state index in [2.05, 4.69) is 25.9 Å². The van der Waals surface area contributed by atoms with Crippen molar-refractivity contribution in [2.24, 2.45) is 5.11 Å². The molecule has 0 spiro atoms. The van der Waals surface area contributed by atoms with Crippen LogP contribution in [0.5, 0.6) is 0 Å². The maximum atomic E-state index is 6.83. The first kappa shape index (κ1) is 9.95. The Labute approximate surface area is 67.3 Å². The molecule has 2 atom stereocenters. The molecule has 0 fully saturated rings. The molecule has 0 radical (unpaired) electrons. The molecule has 2 unspecified atom stereocenters. The van der Waals surface area contributed by atoms with E-state index in [4.69, 9.17) is 5.53 Å². The molecule has 10 heavy (non-hydrogen) atoms. The molecule has 0 aromatic heterocycles. The molecule has 1 N–H and O–H groups in total. The molecule has 0 aliphatic carbocycles. The largest absolute Gasteiger partial charge is 0.209 e. The van der Waals surface area contributed by atoms with Crippen LogP contribution < -0.4 is 0 Å². The summed E-state index contributed by atoms with van der Waals surface area (Å²) >= 11 is 1.79. The van der Waals surface area contributed by atoms with Crippen molar-refractivity contribution >= 4 is 11.8 Å². The van der Waals surface area contributed by atoms with Gasteiger partial charge >= 0.3 is 0 Å². The summed E-state index contributed by atoms with van der Waals surface area (Å²) < 4.78 is 0. The maximum absolute atomic E-state index is 6.83. The molecule has 0 heterocycles. The average Bonchev–Trinajstić information content (AvgIpc) is 1.99. The van der Waals surface area contributed by atoms with E-state index in [0.29, 0.717) is 5.25 Å². The van der Waals surface area contributed by atoms with Crippen molar-refractivity contribution in [3.8, 4) is 0 Å². The van der Waals surface area contributed by atoms with Gasteiger partial charge in [0.1, 0.15) is 5.37 Å². The number of hydrogen-bond donors (Lipinski definition) is 1. The van der Waals surface area contributed by atoms with E-state index in [1.165, 1.54) is 0 Å². The van der Waals surface area contributed by atoms with Gasteiger partial charge in [-0.15, -0.1) is 11.8 Å². The van der Waals surface area contributed by atoms with Crippen molar-refractivity contribution in [1.82, 2.24) is 0 Å². The Kier molecular flexibility index (Phi) is 5.69. The lowest BCUT2D eigenvalue weighted by molar-refractivity contribution is 0.777. The van der Waals surface area contributed by atoms with Gasteiger partial charge in [0.2, 0.25) is 0 Å². The Morgan fingerprint density at radius 2 is 2.00 bits per heavy atom. The van der Waals surface area contributed by atoms with Gasteiger partial charge in [0, 0.05) is 5.25 Å². The fraction of sp³-hybridized carbons (Fsp3) is 1.00. The molecule has 0 aliphatic heterocycles. The van der Waals surface area contributed by atoms with Crippen LogP contribution in [-0.4, -0.2) is 10.6 Å². The Balaban J connectivity index is 3.51. The lowest BCUT2D eigenvalue weighted by atomic mass is 10.4. The molecule has 3 heteroatoms. The molecule has 0 aromatic carbocycles. The van der Waals surface area contributed by atoms with Gasteiger partial charge in [-0.1, -0.05) is 20.8 Å². The molecule has 0 aromatic rings. The van der Waals surface area contributed by atoms with Gasteiger partial charge in [-0.2, -0.15) is 5.11 Å². The second-order valence-electron chi connectivity index (χ2n) is 2.35. The van der Waals surface area contributed by atoms with E-state index in [1.807, 2.05) is 0 Å². The lowest BCUT2D eigenvalue weighted by Crippen LogP contribution is -2.02. The summed E-state index contributed by atoms with van der Waals surface area (Å²) in [5.74, 6) is 0. The number of nitrogens with one attached hydrogen (secondary N) is 1. The van der Waals surface area contributed by atoms with Crippen LogP contribution in [0.25, 0.3) is 0 Å². The Morgan fingerprint density at radius 3 is 2.30 bits per heavy atom. The van der Waals surface area contributed by atoms with Crippen LogP contribution in [-0.2, 0) is 0 Å². The van der Waals surface area contributed by atoms with Crippen LogP contribution >= 0.6 is 11.8 Å². The molecule has 0 aliphatic rings. The second-order valence-corrected chi connectivity index (χ2v) is 3.97. The number of hydrogen-bond acceptors (Lipinski definition) is 3. The van der Waals surface area contributed by atoms with Crippen LogP contribution in [0.1, 0.15) is 33.6 Å². The predicted octanol–water partition coefficient (Wildman–Crippen LogP) is 3.29. The third kappa shape index (κ3) is 3.88. The first-order valence-corrected chi connectivity index (χ1v) is 4.70. The minimum absolute atomic E-state index is 0.190. The van der Waals surface area contributed by atoms with Crippen molar-refractivity contribution in [2.75, 3.05) is 0 Å². The SMILES string of the molecule is CCC(C)SC(CC)N=N. The van der Waals surface area contributed by atoms with E-state index in [-0.39, 0.29) is 5.37 Å². The van der Waals surface area contributed by atoms with Gasteiger partial charge in [-0.05, 0) is 12.8 Å². The summed E-state index contributed by atoms with van der Waals surface area (Å²) in [6, 6.07) is 0. The van der Waals surface area contributed by atoms with Crippen molar-refractivity contribution in [1.29, 1.82) is 5.53 Å². The van der Waals surface area contributed by atoms with Crippen molar-refractivity contribution in [3.63, 3.8) is 0 Å². The fourth-order valence-electron chi connectivity index (χ4n) is 0.582. The predicted molar refractivity (Wildman–Crippen MR) is 46.6 cm³/mol. The smallest absolute Gasteiger partial charge is 0.116 e. The maximum Gasteiger partial charge on any atom is 0.116 e. The summed E-state index contributed by atoms with van der Waals surface area (Å²) in [6.45, 7) is 6.41. The highest BCUT2D eigenvalue weighted by Gasteiger charge is 2.07. The molecule has 2 nitrogen and oxygen atoms in total. The molecule has 0 saturated carbocycles. The summed E-state index contributed by atoms with van der Waals surface area (Å²) in [5.41, 5.74) is 6.83. The van der Waals surface area contributed by atoms with E-state index in [0.717, 1.165) is 12.8 Å². The first-order chi connectivity index (χ1) is 4.74. The molecule has 0 rings (SSSR count). The molecular formula is C7H16N2S. The highest BCUT2D eigenvalue weighted by atomic mass is 32.2. The second kappa shape index (κ2) is 5.71. The molecule has 0 saturated heterocycles. The average molecular weight is 160 g/mol. The fourth-order valence-corrected chi connectivity index (χ4v) is 1.56. The molecule has 60 valence electrons. The number of nitrogens with zero attached hydrogens (tertiary/aromatic N) is 1. The van der Waals surface area contributed by atoms with Gasteiger partial charge in [0.05, 0.1) is 0 Å². The van der Waals surface area contributed by atoms with Crippen LogP contribution in [0.4, 0.5) is 0 Å². The summed E-state index contributed by atoms with van der Waals surface area (Å²) in [7, 11) is 0. The van der Waals surface area contributed by atoms with E-state index in [9.17, 15) is 0 Å². The van der Waals surface area contributed by atoms with Crippen LogP contribution in [0.2, 0.25) is 0 Å². The number of rotatable bonds is 5. The highest BCUT2D eigenvalue weighted by molar-refractivity contribution is 8.00. The minimum atomic E-state index is 0.190. The van der Waals surface area contributed by atoms with Crippen LogP contribution in [0, 0.1) is 5.53 Å². The van der Waals surface area contributed by atoms with Gasteiger partial charge in [0.25, 0.3) is 0 Å². The summed E-state index contributed by atoms with van der Waals surface area (Å²) in [5, 5.41) is 4.34. The molecule has 0 amide bonds. The normalized spacial score (nSPS) is 16.3.